The molecule has 0 saturated heterocycles. The Morgan fingerprint density at radius 1 is 1.11 bits per heavy atom. The van der Waals surface area contributed by atoms with Gasteiger partial charge >= 0.3 is 11.9 Å². The fraction of sp³-hybridized carbons (Fsp3) is 0.0385. The van der Waals surface area contributed by atoms with Gasteiger partial charge in [-0.1, -0.05) is 28.1 Å². The molecule has 0 aliphatic carbocycles. The zero-order valence-corrected chi connectivity index (χ0v) is 22.2. The largest absolute Gasteiger partial charge is 0.497 e. The highest BCUT2D eigenvalue weighted by Crippen LogP contribution is 2.35. The van der Waals surface area contributed by atoms with E-state index in [2.05, 4.69) is 36.9 Å². The number of rotatable bonds is 7. The first-order valence-electron chi connectivity index (χ1n) is 10.5. The number of esters is 2. The lowest BCUT2D eigenvalue weighted by molar-refractivity contribution is -0.384. The fourth-order valence-corrected chi connectivity index (χ4v) is 4.59. The normalized spacial score (nSPS) is 14.0. The van der Waals surface area contributed by atoms with Crippen LogP contribution in [-0.4, -0.2) is 29.9 Å². The van der Waals surface area contributed by atoms with Crippen molar-refractivity contribution in [2.45, 2.75) is 0 Å². The van der Waals surface area contributed by atoms with Crippen LogP contribution in [0, 0.1) is 10.1 Å². The molecule has 0 amide bonds. The Bertz CT molecular complexity index is 1500. The Morgan fingerprint density at radius 3 is 2.57 bits per heavy atom. The second-order valence-electron chi connectivity index (χ2n) is 7.48. The smallest absolute Gasteiger partial charge is 0.363 e. The molecule has 0 spiro atoms. The maximum atomic E-state index is 12.6. The van der Waals surface area contributed by atoms with Crippen LogP contribution in [0.3, 0.4) is 0 Å². The summed E-state index contributed by atoms with van der Waals surface area (Å²) in [5, 5.41) is 11.0. The summed E-state index contributed by atoms with van der Waals surface area (Å²) in [6.07, 6.45) is 4.00. The van der Waals surface area contributed by atoms with E-state index in [0.717, 1.165) is 6.08 Å². The summed E-state index contributed by atoms with van der Waals surface area (Å²) >= 11 is 6.76. The SMILES string of the molecule is COc1ccc(C2=N/C(=C\c3cc(Br)cc(Br)c3OC(=O)/C=C/c3cccc([N+](=O)[O-])c3)C(=O)O2)cc1. The summed E-state index contributed by atoms with van der Waals surface area (Å²) in [5.74, 6) is -0.471. The monoisotopic (exact) mass is 626 g/mol. The van der Waals surface area contributed by atoms with Crippen molar-refractivity contribution in [3.63, 3.8) is 0 Å². The summed E-state index contributed by atoms with van der Waals surface area (Å²) in [4.78, 5) is 39.8. The lowest BCUT2D eigenvalue weighted by atomic mass is 10.1. The molecular formula is C26H16Br2N2O7. The predicted octanol–water partition coefficient (Wildman–Crippen LogP) is 6.09. The Kier molecular flexibility index (Phi) is 7.95. The molecule has 1 heterocycles. The average molecular weight is 628 g/mol. The third-order valence-electron chi connectivity index (χ3n) is 4.98. The number of carbonyl (C=O) groups excluding carboxylic acids is 2. The summed E-state index contributed by atoms with van der Waals surface area (Å²) in [5.41, 5.74) is 1.34. The predicted molar refractivity (Wildman–Crippen MR) is 143 cm³/mol. The number of nitro benzene ring substituents is 1. The van der Waals surface area contributed by atoms with E-state index in [1.807, 2.05) is 0 Å². The molecule has 0 N–H and O–H groups in total. The van der Waals surface area contributed by atoms with Crippen molar-refractivity contribution >= 4 is 67.5 Å². The molecule has 1 aliphatic heterocycles. The van der Waals surface area contributed by atoms with Gasteiger partial charge in [0.2, 0.25) is 5.90 Å². The molecule has 0 fully saturated rings. The Hall–Kier alpha value is -4.09. The number of nitro groups is 1. The van der Waals surface area contributed by atoms with Gasteiger partial charge in [-0.2, -0.15) is 0 Å². The van der Waals surface area contributed by atoms with Crippen LogP contribution in [-0.2, 0) is 14.3 Å². The molecule has 3 aromatic carbocycles. The minimum atomic E-state index is -0.731. The minimum Gasteiger partial charge on any atom is -0.497 e. The summed E-state index contributed by atoms with van der Waals surface area (Å²) in [6, 6.07) is 16.0. The third-order valence-corrected chi connectivity index (χ3v) is 6.03. The molecule has 37 heavy (non-hydrogen) atoms. The molecular weight excluding hydrogens is 612 g/mol. The van der Waals surface area contributed by atoms with Gasteiger partial charge < -0.3 is 14.2 Å². The summed E-state index contributed by atoms with van der Waals surface area (Å²) in [7, 11) is 1.55. The second kappa shape index (κ2) is 11.3. The maximum absolute atomic E-state index is 12.6. The van der Waals surface area contributed by atoms with Crippen LogP contribution in [0.5, 0.6) is 11.5 Å². The van der Waals surface area contributed by atoms with Crippen LogP contribution < -0.4 is 9.47 Å². The molecule has 11 heteroatoms. The molecule has 186 valence electrons. The molecule has 0 radical (unpaired) electrons. The van der Waals surface area contributed by atoms with Crippen molar-refractivity contribution in [2.24, 2.45) is 4.99 Å². The van der Waals surface area contributed by atoms with Gasteiger partial charge in [0.1, 0.15) is 5.75 Å². The van der Waals surface area contributed by atoms with E-state index in [4.69, 9.17) is 14.2 Å². The van der Waals surface area contributed by atoms with Crippen molar-refractivity contribution in [3.05, 3.63) is 108 Å². The van der Waals surface area contributed by atoms with Gasteiger partial charge in [0.15, 0.2) is 11.4 Å². The maximum Gasteiger partial charge on any atom is 0.363 e. The van der Waals surface area contributed by atoms with Crippen molar-refractivity contribution in [1.29, 1.82) is 0 Å². The van der Waals surface area contributed by atoms with E-state index in [0.29, 0.717) is 31.4 Å². The van der Waals surface area contributed by atoms with Gasteiger partial charge in [-0.3, -0.25) is 10.1 Å². The number of methoxy groups -OCH3 is 1. The van der Waals surface area contributed by atoms with E-state index < -0.39 is 16.9 Å². The van der Waals surface area contributed by atoms with Crippen LogP contribution >= 0.6 is 31.9 Å². The summed E-state index contributed by atoms with van der Waals surface area (Å²) < 4.78 is 17.1. The molecule has 0 saturated carbocycles. The summed E-state index contributed by atoms with van der Waals surface area (Å²) in [6.45, 7) is 0. The highest BCUT2D eigenvalue weighted by Gasteiger charge is 2.25. The fourth-order valence-electron chi connectivity index (χ4n) is 3.25. The first-order chi connectivity index (χ1) is 17.7. The second-order valence-corrected chi connectivity index (χ2v) is 9.25. The number of halogens is 2. The van der Waals surface area contributed by atoms with Crippen molar-refractivity contribution in [2.75, 3.05) is 7.11 Å². The van der Waals surface area contributed by atoms with Crippen LogP contribution in [0.4, 0.5) is 5.69 Å². The van der Waals surface area contributed by atoms with Gasteiger partial charge in [-0.05, 0) is 70.0 Å². The van der Waals surface area contributed by atoms with E-state index in [-0.39, 0.29) is 23.0 Å². The highest BCUT2D eigenvalue weighted by atomic mass is 79.9. The topological polar surface area (TPSA) is 117 Å². The first-order valence-corrected chi connectivity index (χ1v) is 12.1. The molecule has 3 aromatic rings. The van der Waals surface area contributed by atoms with Gasteiger partial charge in [-0.15, -0.1) is 0 Å². The van der Waals surface area contributed by atoms with Gasteiger partial charge in [0.05, 0.1) is 16.5 Å². The molecule has 0 aromatic heterocycles. The third kappa shape index (κ3) is 6.38. The first kappa shape index (κ1) is 26.0. The Balaban J connectivity index is 1.60. The van der Waals surface area contributed by atoms with Crippen molar-refractivity contribution in [1.82, 2.24) is 0 Å². The number of nitrogens with zero attached hydrogens (tertiary/aromatic N) is 2. The number of benzene rings is 3. The number of cyclic esters (lactones) is 1. The lowest BCUT2D eigenvalue weighted by Gasteiger charge is -2.09. The molecule has 4 rings (SSSR count). The van der Waals surface area contributed by atoms with E-state index in [1.54, 1.807) is 49.6 Å². The number of ether oxygens (including phenoxy) is 3. The van der Waals surface area contributed by atoms with Gasteiger partial charge in [0, 0.05) is 33.8 Å². The van der Waals surface area contributed by atoms with Gasteiger partial charge in [0.25, 0.3) is 5.69 Å². The Labute approximate surface area is 227 Å². The lowest BCUT2D eigenvalue weighted by Crippen LogP contribution is -2.06. The quantitative estimate of drug-likeness (QED) is 0.102. The van der Waals surface area contributed by atoms with Crippen LogP contribution in [0.25, 0.3) is 12.2 Å². The number of hydrogen-bond donors (Lipinski definition) is 0. The van der Waals surface area contributed by atoms with E-state index in [1.165, 1.54) is 30.4 Å². The van der Waals surface area contributed by atoms with Crippen molar-refractivity contribution in [3.8, 4) is 11.5 Å². The van der Waals surface area contributed by atoms with Crippen LogP contribution in [0.15, 0.2) is 86.4 Å². The molecule has 0 bridgehead atoms. The standard InChI is InChI=1S/C26H16Br2N2O7/c1-35-20-8-6-16(7-9-20)25-29-22(26(32)37-25)13-17-12-18(27)14-21(28)24(17)36-23(31)10-5-15-3-2-4-19(11-15)30(33)34/h2-14H,1H3/b10-5+,22-13-. The van der Waals surface area contributed by atoms with Crippen LogP contribution in [0.2, 0.25) is 0 Å². The minimum absolute atomic E-state index is 0.0141. The van der Waals surface area contributed by atoms with E-state index >= 15 is 0 Å². The van der Waals surface area contributed by atoms with Gasteiger partial charge in [-0.25, -0.2) is 14.6 Å². The van der Waals surface area contributed by atoms with Crippen molar-refractivity contribution < 1.29 is 28.7 Å². The molecule has 0 unspecified atom stereocenters. The zero-order valence-electron chi connectivity index (χ0n) is 19.0. The zero-order chi connectivity index (χ0) is 26.5. The van der Waals surface area contributed by atoms with E-state index in [9.17, 15) is 19.7 Å². The molecule has 0 atom stereocenters. The number of hydrogen-bond acceptors (Lipinski definition) is 8. The Morgan fingerprint density at radius 2 is 1.86 bits per heavy atom. The number of aliphatic imine (C=N–C) groups is 1. The average Bonchev–Trinajstić information content (AvgIpc) is 3.25. The van der Waals surface area contributed by atoms with Crippen LogP contribution in [0.1, 0.15) is 16.7 Å². The highest BCUT2D eigenvalue weighted by molar-refractivity contribution is 9.11. The number of non-ortho nitro benzene ring substituents is 1. The molecule has 1 aliphatic rings. The molecule has 9 nitrogen and oxygen atoms in total. The number of carbonyl (C=O) groups is 2.